The van der Waals surface area contributed by atoms with E-state index in [1.54, 1.807) is 7.11 Å². The smallest absolute Gasteiger partial charge is 0.267 e. The maximum Gasteiger partial charge on any atom is 0.267 e. The highest BCUT2D eigenvalue weighted by Gasteiger charge is 2.24. The van der Waals surface area contributed by atoms with Gasteiger partial charge in [-0.2, -0.15) is 0 Å². The number of amides is 1. The molecule has 1 saturated heterocycles. The lowest BCUT2D eigenvalue weighted by molar-refractivity contribution is 0.0764. The van der Waals surface area contributed by atoms with Crippen LogP contribution in [0.5, 0.6) is 5.75 Å². The molecule has 1 aromatic carbocycles. The van der Waals surface area contributed by atoms with Gasteiger partial charge in [-0.25, -0.2) is 0 Å². The average Bonchev–Trinajstić information content (AvgIpc) is 3.01. The van der Waals surface area contributed by atoms with E-state index in [1.165, 1.54) is 17.1 Å². The zero-order valence-electron chi connectivity index (χ0n) is 14.8. The Labute approximate surface area is 152 Å². The van der Waals surface area contributed by atoms with Gasteiger partial charge in [-0.15, -0.1) is 5.10 Å². The van der Waals surface area contributed by atoms with Crippen LogP contribution in [-0.4, -0.2) is 58.6 Å². The molecule has 6 nitrogen and oxygen atoms in total. The van der Waals surface area contributed by atoms with Gasteiger partial charge in [-0.05, 0) is 42.1 Å². The van der Waals surface area contributed by atoms with Crippen molar-refractivity contribution < 1.29 is 9.53 Å². The van der Waals surface area contributed by atoms with E-state index in [-0.39, 0.29) is 5.91 Å². The first-order valence-electron chi connectivity index (χ1n) is 8.67. The van der Waals surface area contributed by atoms with Crippen LogP contribution in [0.15, 0.2) is 24.3 Å². The van der Waals surface area contributed by atoms with Gasteiger partial charge in [-0.3, -0.25) is 9.69 Å². The number of aromatic nitrogens is 2. The van der Waals surface area contributed by atoms with Gasteiger partial charge >= 0.3 is 0 Å². The molecule has 3 rings (SSSR count). The summed E-state index contributed by atoms with van der Waals surface area (Å²) in [6, 6.07) is 8.18. The Kier molecular flexibility index (Phi) is 5.99. The summed E-state index contributed by atoms with van der Waals surface area (Å²) in [4.78, 5) is 17.8. The summed E-state index contributed by atoms with van der Waals surface area (Å²) < 4.78 is 9.15. The number of carbonyl (C=O) groups excluding carboxylic acids is 1. The molecule has 0 bridgehead atoms. The summed E-state index contributed by atoms with van der Waals surface area (Å²) in [7, 11) is 1.68. The molecule has 1 aliphatic rings. The Balaban J connectivity index is 1.59. The minimum Gasteiger partial charge on any atom is -0.497 e. The normalized spacial score (nSPS) is 15.8. The highest BCUT2D eigenvalue weighted by atomic mass is 32.1. The van der Waals surface area contributed by atoms with Crippen molar-refractivity contribution in [2.45, 2.75) is 26.3 Å². The standard InChI is InChI=1S/C18H24N4O2S/c1-3-16-17(25-20-19-16)18(23)22-10-4-9-21(11-12-22)13-14-5-7-15(24-2)8-6-14/h5-8H,3-4,9-13H2,1-2H3. The average molecular weight is 360 g/mol. The molecular formula is C18H24N4O2S. The molecule has 25 heavy (non-hydrogen) atoms. The van der Waals surface area contributed by atoms with Crippen molar-refractivity contribution in [3.8, 4) is 5.75 Å². The van der Waals surface area contributed by atoms with Gasteiger partial charge in [0.05, 0.1) is 12.8 Å². The van der Waals surface area contributed by atoms with Gasteiger partial charge in [-0.1, -0.05) is 23.5 Å². The Bertz CT molecular complexity index is 701. The largest absolute Gasteiger partial charge is 0.497 e. The summed E-state index contributed by atoms with van der Waals surface area (Å²) in [5, 5.41) is 4.06. The first-order chi connectivity index (χ1) is 12.2. The molecule has 1 aliphatic heterocycles. The molecular weight excluding hydrogens is 336 g/mol. The van der Waals surface area contributed by atoms with Crippen LogP contribution in [0.3, 0.4) is 0 Å². The number of hydrogen-bond acceptors (Lipinski definition) is 6. The van der Waals surface area contributed by atoms with Crippen LogP contribution in [0.1, 0.15) is 34.3 Å². The molecule has 134 valence electrons. The maximum atomic E-state index is 12.8. The van der Waals surface area contributed by atoms with Crippen molar-refractivity contribution in [2.24, 2.45) is 0 Å². The third-order valence-electron chi connectivity index (χ3n) is 4.53. The van der Waals surface area contributed by atoms with Gasteiger partial charge in [0, 0.05) is 32.7 Å². The van der Waals surface area contributed by atoms with Crippen LogP contribution in [0, 0.1) is 0 Å². The molecule has 1 aromatic heterocycles. The number of nitrogens with zero attached hydrogens (tertiary/aromatic N) is 4. The molecule has 0 aliphatic carbocycles. The Hall–Kier alpha value is -1.99. The summed E-state index contributed by atoms with van der Waals surface area (Å²) >= 11 is 1.21. The third-order valence-corrected chi connectivity index (χ3v) is 5.28. The molecule has 0 N–H and O–H groups in total. The fourth-order valence-corrected chi connectivity index (χ4v) is 3.79. The maximum absolute atomic E-state index is 12.8. The predicted molar refractivity (Wildman–Crippen MR) is 98.1 cm³/mol. The number of carbonyl (C=O) groups is 1. The number of aryl methyl sites for hydroxylation is 1. The fourth-order valence-electron chi connectivity index (χ4n) is 3.07. The molecule has 0 atom stereocenters. The highest BCUT2D eigenvalue weighted by molar-refractivity contribution is 7.08. The number of rotatable bonds is 5. The lowest BCUT2D eigenvalue weighted by Gasteiger charge is -2.21. The van der Waals surface area contributed by atoms with Crippen LogP contribution >= 0.6 is 11.5 Å². The van der Waals surface area contributed by atoms with Crippen molar-refractivity contribution in [1.82, 2.24) is 19.4 Å². The molecule has 7 heteroatoms. The van der Waals surface area contributed by atoms with E-state index in [0.29, 0.717) is 4.88 Å². The zero-order valence-corrected chi connectivity index (χ0v) is 15.6. The molecule has 2 aromatic rings. The van der Waals surface area contributed by atoms with Crippen molar-refractivity contribution >= 4 is 17.4 Å². The molecule has 0 radical (unpaired) electrons. The van der Waals surface area contributed by atoms with Gasteiger partial charge in [0.1, 0.15) is 10.6 Å². The number of methoxy groups -OCH3 is 1. The molecule has 0 spiro atoms. The van der Waals surface area contributed by atoms with Crippen LogP contribution in [0.4, 0.5) is 0 Å². The van der Waals surface area contributed by atoms with E-state index in [9.17, 15) is 4.79 Å². The Morgan fingerprint density at radius 2 is 2.00 bits per heavy atom. The van der Waals surface area contributed by atoms with Crippen molar-refractivity contribution in [1.29, 1.82) is 0 Å². The van der Waals surface area contributed by atoms with Gasteiger partial charge in [0.15, 0.2) is 0 Å². The van der Waals surface area contributed by atoms with E-state index < -0.39 is 0 Å². The first-order valence-corrected chi connectivity index (χ1v) is 9.44. The second kappa shape index (κ2) is 8.40. The summed E-state index contributed by atoms with van der Waals surface area (Å²) in [6.45, 7) is 6.32. The van der Waals surface area contributed by atoms with Gasteiger partial charge in [0.2, 0.25) is 0 Å². The number of hydrogen-bond donors (Lipinski definition) is 0. The van der Waals surface area contributed by atoms with E-state index in [4.69, 9.17) is 4.74 Å². The van der Waals surface area contributed by atoms with Crippen LogP contribution in [0.25, 0.3) is 0 Å². The zero-order chi connectivity index (χ0) is 17.6. The quantitative estimate of drug-likeness (QED) is 0.820. The Morgan fingerprint density at radius 1 is 1.20 bits per heavy atom. The molecule has 0 saturated carbocycles. The summed E-state index contributed by atoms with van der Waals surface area (Å²) in [6.07, 6.45) is 1.73. The van der Waals surface area contributed by atoms with E-state index in [0.717, 1.165) is 57.0 Å². The van der Waals surface area contributed by atoms with Gasteiger partial charge in [0.25, 0.3) is 5.91 Å². The monoisotopic (exact) mass is 360 g/mol. The number of benzene rings is 1. The topological polar surface area (TPSA) is 58.6 Å². The molecule has 1 amide bonds. The van der Waals surface area contributed by atoms with E-state index in [1.807, 2.05) is 24.0 Å². The van der Waals surface area contributed by atoms with Crippen molar-refractivity contribution in [3.63, 3.8) is 0 Å². The predicted octanol–water partition coefficient (Wildman–Crippen LogP) is 2.46. The fraction of sp³-hybridized carbons (Fsp3) is 0.500. The second-order valence-electron chi connectivity index (χ2n) is 6.17. The second-order valence-corrected chi connectivity index (χ2v) is 6.93. The molecule has 0 unspecified atom stereocenters. The van der Waals surface area contributed by atoms with Gasteiger partial charge < -0.3 is 9.64 Å². The minimum atomic E-state index is 0.0816. The lowest BCUT2D eigenvalue weighted by Crippen LogP contribution is -2.35. The number of ether oxygens (including phenoxy) is 1. The Morgan fingerprint density at radius 3 is 2.72 bits per heavy atom. The molecule has 1 fully saturated rings. The van der Waals surface area contributed by atoms with E-state index >= 15 is 0 Å². The van der Waals surface area contributed by atoms with Crippen molar-refractivity contribution in [3.05, 3.63) is 40.4 Å². The third kappa shape index (κ3) is 4.35. The van der Waals surface area contributed by atoms with Crippen LogP contribution < -0.4 is 4.74 Å². The molecule has 2 heterocycles. The van der Waals surface area contributed by atoms with Crippen molar-refractivity contribution in [2.75, 3.05) is 33.3 Å². The van der Waals surface area contributed by atoms with Crippen LogP contribution in [0.2, 0.25) is 0 Å². The summed E-state index contributed by atoms with van der Waals surface area (Å²) in [5.74, 6) is 0.958. The minimum absolute atomic E-state index is 0.0816. The summed E-state index contributed by atoms with van der Waals surface area (Å²) in [5.41, 5.74) is 2.08. The SMILES string of the molecule is CCc1nnsc1C(=O)N1CCCN(Cc2ccc(OC)cc2)CC1. The first kappa shape index (κ1) is 17.8. The van der Waals surface area contributed by atoms with E-state index in [2.05, 4.69) is 26.6 Å². The lowest BCUT2D eigenvalue weighted by atomic mass is 10.2. The highest BCUT2D eigenvalue weighted by Crippen LogP contribution is 2.17. The van der Waals surface area contributed by atoms with Crippen LogP contribution in [-0.2, 0) is 13.0 Å².